The Morgan fingerprint density at radius 1 is 1.46 bits per heavy atom. The van der Waals surface area contributed by atoms with Crippen LogP contribution in [-0.2, 0) is 15.6 Å². The van der Waals surface area contributed by atoms with Crippen LogP contribution in [0.25, 0.3) is 0 Å². The fourth-order valence-corrected chi connectivity index (χ4v) is 1.65. The first kappa shape index (κ1) is 9.97. The van der Waals surface area contributed by atoms with Gasteiger partial charge in [-0.2, -0.15) is 10.3 Å². The van der Waals surface area contributed by atoms with Crippen molar-refractivity contribution >= 4 is 15.7 Å². The summed E-state index contributed by atoms with van der Waals surface area (Å²) in [5.41, 5.74) is 5.66. The minimum absolute atomic E-state index is 0.143. The predicted octanol–water partition coefficient (Wildman–Crippen LogP) is -0.290. The lowest BCUT2D eigenvalue weighted by molar-refractivity contribution is 0.586. The summed E-state index contributed by atoms with van der Waals surface area (Å²) >= 11 is 0. The summed E-state index contributed by atoms with van der Waals surface area (Å²) in [7, 11) is -3.15. The van der Waals surface area contributed by atoms with Crippen molar-refractivity contribution in [3.8, 4) is 0 Å². The van der Waals surface area contributed by atoms with Crippen LogP contribution in [0.15, 0.2) is 0 Å². The first-order valence-corrected chi connectivity index (χ1v) is 5.51. The Morgan fingerprint density at radius 2 is 2.08 bits per heavy atom. The van der Waals surface area contributed by atoms with Gasteiger partial charge in [-0.05, 0) is 13.8 Å². The number of anilines is 1. The van der Waals surface area contributed by atoms with Gasteiger partial charge >= 0.3 is 0 Å². The summed E-state index contributed by atoms with van der Waals surface area (Å²) in [6.45, 7) is 3.23. The van der Waals surface area contributed by atoms with E-state index >= 15 is 0 Å². The molecule has 6 nitrogen and oxygen atoms in total. The number of hydrogen-bond donors (Lipinski definition) is 2. The van der Waals surface area contributed by atoms with E-state index in [0.29, 0.717) is 0 Å². The maximum absolute atomic E-state index is 11.4. The van der Waals surface area contributed by atoms with Gasteiger partial charge in [0.15, 0.2) is 15.7 Å². The standard InChI is InChI=1S/C6H12N4O2S/c1-4(2)13(11,12)3-5-6(7)9-10-8-5/h4H,3H2,1-2H3,(H3,7,8,9,10). The third-order valence-corrected chi connectivity index (χ3v) is 3.82. The number of nitrogens with zero attached hydrogens (tertiary/aromatic N) is 2. The highest BCUT2D eigenvalue weighted by Crippen LogP contribution is 2.11. The van der Waals surface area contributed by atoms with Crippen LogP contribution in [-0.4, -0.2) is 29.1 Å². The summed E-state index contributed by atoms with van der Waals surface area (Å²) in [6.07, 6.45) is 0. The van der Waals surface area contributed by atoms with Crippen LogP contribution < -0.4 is 5.73 Å². The van der Waals surface area contributed by atoms with Crippen molar-refractivity contribution in [1.29, 1.82) is 0 Å². The maximum Gasteiger partial charge on any atom is 0.170 e. The van der Waals surface area contributed by atoms with Gasteiger partial charge < -0.3 is 5.73 Å². The first-order chi connectivity index (χ1) is 5.93. The molecule has 0 saturated carbocycles. The van der Waals surface area contributed by atoms with E-state index in [1.807, 2.05) is 0 Å². The second kappa shape index (κ2) is 3.33. The van der Waals surface area contributed by atoms with Crippen molar-refractivity contribution in [3.63, 3.8) is 0 Å². The molecule has 1 aromatic heterocycles. The number of aromatic amines is 1. The minimum Gasteiger partial charge on any atom is -0.381 e. The molecule has 0 aliphatic carbocycles. The molecule has 1 rings (SSSR count). The van der Waals surface area contributed by atoms with E-state index < -0.39 is 15.1 Å². The second-order valence-corrected chi connectivity index (χ2v) is 5.57. The molecule has 13 heavy (non-hydrogen) atoms. The van der Waals surface area contributed by atoms with Crippen LogP contribution >= 0.6 is 0 Å². The highest BCUT2D eigenvalue weighted by Gasteiger charge is 2.20. The molecule has 0 amide bonds. The molecule has 0 saturated heterocycles. The van der Waals surface area contributed by atoms with Gasteiger partial charge in [0, 0.05) is 0 Å². The van der Waals surface area contributed by atoms with Gasteiger partial charge in [0.1, 0.15) is 5.69 Å². The largest absolute Gasteiger partial charge is 0.381 e. The van der Waals surface area contributed by atoms with Gasteiger partial charge in [-0.25, -0.2) is 8.42 Å². The van der Waals surface area contributed by atoms with Crippen molar-refractivity contribution in [2.75, 3.05) is 5.73 Å². The van der Waals surface area contributed by atoms with Crippen LogP contribution in [0.1, 0.15) is 19.5 Å². The van der Waals surface area contributed by atoms with Gasteiger partial charge in [0.25, 0.3) is 0 Å². The molecule has 74 valence electrons. The Morgan fingerprint density at radius 3 is 2.46 bits per heavy atom. The predicted molar refractivity (Wildman–Crippen MR) is 48.6 cm³/mol. The number of H-pyrrole nitrogens is 1. The number of nitrogens with one attached hydrogen (secondary N) is 1. The Hall–Kier alpha value is -1.11. The van der Waals surface area contributed by atoms with Crippen LogP contribution in [0.2, 0.25) is 0 Å². The van der Waals surface area contributed by atoms with Crippen LogP contribution in [0, 0.1) is 0 Å². The number of nitrogen functional groups attached to an aromatic ring is 1. The monoisotopic (exact) mass is 204 g/mol. The molecule has 0 aromatic carbocycles. The molecule has 0 unspecified atom stereocenters. The van der Waals surface area contributed by atoms with Crippen LogP contribution in [0.4, 0.5) is 5.82 Å². The highest BCUT2D eigenvalue weighted by molar-refractivity contribution is 7.91. The topological polar surface area (TPSA) is 102 Å². The number of hydrogen-bond acceptors (Lipinski definition) is 5. The van der Waals surface area contributed by atoms with E-state index in [4.69, 9.17) is 5.73 Å². The molecular formula is C6H12N4O2S. The molecule has 0 aliphatic heterocycles. The van der Waals surface area contributed by atoms with E-state index in [1.165, 1.54) is 0 Å². The second-order valence-electron chi connectivity index (χ2n) is 3.01. The van der Waals surface area contributed by atoms with E-state index in [2.05, 4.69) is 15.4 Å². The molecule has 0 fully saturated rings. The van der Waals surface area contributed by atoms with Crippen LogP contribution in [0.5, 0.6) is 0 Å². The molecule has 7 heteroatoms. The molecule has 1 heterocycles. The third kappa shape index (κ3) is 2.18. The third-order valence-electron chi connectivity index (χ3n) is 1.71. The van der Waals surface area contributed by atoms with Gasteiger partial charge in [0.2, 0.25) is 0 Å². The Kier molecular flexibility index (Phi) is 2.55. The molecule has 0 bridgehead atoms. The van der Waals surface area contributed by atoms with Gasteiger partial charge in [-0.3, -0.25) is 0 Å². The number of nitrogens with two attached hydrogens (primary N) is 1. The zero-order valence-corrected chi connectivity index (χ0v) is 8.30. The molecule has 1 aromatic rings. The fraction of sp³-hybridized carbons (Fsp3) is 0.667. The summed E-state index contributed by atoms with van der Waals surface area (Å²) in [5.74, 6) is -0.0169. The van der Waals surface area contributed by atoms with E-state index in [0.717, 1.165) is 0 Å². The van der Waals surface area contributed by atoms with Crippen molar-refractivity contribution in [2.24, 2.45) is 0 Å². The fourth-order valence-electron chi connectivity index (χ4n) is 0.724. The number of rotatable bonds is 3. The zero-order chi connectivity index (χ0) is 10.1. The summed E-state index contributed by atoms with van der Waals surface area (Å²) in [6, 6.07) is 0. The maximum atomic E-state index is 11.4. The first-order valence-electron chi connectivity index (χ1n) is 3.80. The Balaban J connectivity index is 2.88. The van der Waals surface area contributed by atoms with Gasteiger partial charge in [-0.1, -0.05) is 0 Å². The molecule has 0 aliphatic rings. The van der Waals surface area contributed by atoms with E-state index in [1.54, 1.807) is 13.8 Å². The van der Waals surface area contributed by atoms with Crippen molar-refractivity contribution < 1.29 is 8.42 Å². The summed E-state index contributed by atoms with van der Waals surface area (Å²) in [5, 5.41) is 9.02. The molecule has 0 spiro atoms. The lowest BCUT2D eigenvalue weighted by atomic mass is 10.5. The smallest absolute Gasteiger partial charge is 0.170 e. The van der Waals surface area contributed by atoms with Crippen LogP contribution in [0.3, 0.4) is 0 Å². The average molecular weight is 204 g/mol. The SMILES string of the molecule is CC(C)S(=O)(=O)Cc1n[nH]nc1N. The summed E-state index contributed by atoms with van der Waals surface area (Å²) in [4.78, 5) is 0. The number of aromatic nitrogens is 3. The molecular weight excluding hydrogens is 192 g/mol. The van der Waals surface area contributed by atoms with E-state index in [-0.39, 0.29) is 17.3 Å². The lowest BCUT2D eigenvalue weighted by Crippen LogP contribution is -2.16. The Labute approximate surface area is 76.4 Å². The minimum atomic E-state index is -3.15. The summed E-state index contributed by atoms with van der Waals surface area (Å²) < 4.78 is 22.8. The normalized spacial score (nSPS) is 12.2. The van der Waals surface area contributed by atoms with Crippen molar-refractivity contribution in [1.82, 2.24) is 15.4 Å². The Bertz CT molecular complexity index is 381. The molecule has 0 radical (unpaired) electrons. The van der Waals surface area contributed by atoms with Gasteiger partial charge in [0.05, 0.1) is 11.0 Å². The number of sulfone groups is 1. The van der Waals surface area contributed by atoms with Crippen molar-refractivity contribution in [3.05, 3.63) is 5.69 Å². The van der Waals surface area contributed by atoms with E-state index in [9.17, 15) is 8.42 Å². The lowest BCUT2D eigenvalue weighted by Gasteiger charge is -2.04. The van der Waals surface area contributed by atoms with Gasteiger partial charge in [-0.15, -0.1) is 5.10 Å². The average Bonchev–Trinajstić information content (AvgIpc) is 2.35. The quantitative estimate of drug-likeness (QED) is 0.704. The molecule has 0 atom stereocenters. The van der Waals surface area contributed by atoms with Crippen molar-refractivity contribution in [2.45, 2.75) is 24.9 Å². The zero-order valence-electron chi connectivity index (χ0n) is 7.48. The highest BCUT2D eigenvalue weighted by atomic mass is 32.2. The molecule has 3 N–H and O–H groups in total.